The predicted molar refractivity (Wildman–Crippen MR) is 87.6 cm³/mol. The zero-order valence-corrected chi connectivity index (χ0v) is 13.6. The molecule has 3 rings (SSSR count). The first-order valence-electron chi connectivity index (χ1n) is 8.19. The van der Waals surface area contributed by atoms with Crippen molar-refractivity contribution in [1.29, 1.82) is 0 Å². The third-order valence-corrected chi connectivity index (χ3v) is 4.51. The van der Waals surface area contributed by atoms with Gasteiger partial charge in [-0.3, -0.25) is 4.79 Å². The first-order chi connectivity index (χ1) is 10.6. The van der Waals surface area contributed by atoms with Crippen LogP contribution in [0.15, 0.2) is 24.4 Å². The molecule has 0 amide bonds. The lowest BCUT2D eigenvalue weighted by atomic mass is 10.0. The van der Waals surface area contributed by atoms with Gasteiger partial charge in [-0.05, 0) is 25.8 Å². The Kier molecular flexibility index (Phi) is 4.32. The third kappa shape index (κ3) is 2.94. The van der Waals surface area contributed by atoms with E-state index in [1.165, 1.54) is 10.5 Å². The van der Waals surface area contributed by atoms with Gasteiger partial charge in [0.15, 0.2) is 0 Å². The number of carbonyl (C=O) groups excluding carboxylic acids is 1. The number of fused-ring (bicyclic) bond motifs is 1. The van der Waals surface area contributed by atoms with Crippen LogP contribution < -0.4 is 4.90 Å². The number of aromatic amines is 1. The van der Waals surface area contributed by atoms with Crippen molar-refractivity contribution < 1.29 is 14.4 Å². The van der Waals surface area contributed by atoms with E-state index in [0.717, 1.165) is 36.0 Å². The quantitative estimate of drug-likeness (QED) is 0.843. The molecule has 2 N–H and O–H groups in total. The molecule has 4 heteroatoms. The number of H-pyrrole nitrogens is 1. The van der Waals surface area contributed by atoms with Crippen molar-refractivity contribution in [3.8, 4) is 0 Å². The number of Topliss-reactive ketones (excluding diaryl/α,β-unsaturated/α-hetero) is 1. The lowest BCUT2D eigenvalue weighted by Crippen LogP contribution is -3.16. The van der Waals surface area contributed by atoms with Gasteiger partial charge in [-0.15, -0.1) is 0 Å². The molecule has 2 aromatic rings. The molecule has 0 saturated carbocycles. The summed E-state index contributed by atoms with van der Waals surface area (Å²) in [6, 6.07) is 6.19. The molecule has 0 bridgehead atoms. The highest BCUT2D eigenvalue weighted by atomic mass is 16.5. The van der Waals surface area contributed by atoms with Crippen molar-refractivity contribution in [1.82, 2.24) is 4.98 Å². The SMILES string of the molecule is CCc1cccc2c(C(=O)C[NH+]3C[C@@H](C)O[C@@H](C)C3)c[nH]c12. The number of morpholine rings is 1. The minimum absolute atomic E-state index is 0.218. The summed E-state index contributed by atoms with van der Waals surface area (Å²) in [6.07, 6.45) is 3.29. The summed E-state index contributed by atoms with van der Waals surface area (Å²) in [5.41, 5.74) is 3.19. The Labute approximate surface area is 131 Å². The smallest absolute Gasteiger partial charge is 0.219 e. The van der Waals surface area contributed by atoms with Gasteiger partial charge in [-0.25, -0.2) is 0 Å². The highest BCUT2D eigenvalue weighted by molar-refractivity contribution is 6.08. The van der Waals surface area contributed by atoms with Gasteiger partial charge in [-0.1, -0.05) is 25.1 Å². The molecule has 4 nitrogen and oxygen atoms in total. The molecule has 2 heterocycles. The Morgan fingerprint density at radius 1 is 1.32 bits per heavy atom. The highest BCUT2D eigenvalue weighted by Gasteiger charge is 2.28. The molecule has 0 spiro atoms. The van der Waals surface area contributed by atoms with E-state index in [0.29, 0.717) is 6.54 Å². The second kappa shape index (κ2) is 6.23. The Hall–Kier alpha value is -1.65. The zero-order valence-electron chi connectivity index (χ0n) is 13.6. The van der Waals surface area contributed by atoms with Crippen LogP contribution in [0.3, 0.4) is 0 Å². The van der Waals surface area contributed by atoms with Gasteiger partial charge < -0.3 is 14.6 Å². The number of rotatable bonds is 4. The number of benzene rings is 1. The molecule has 1 unspecified atom stereocenters. The third-order valence-electron chi connectivity index (χ3n) is 4.51. The summed E-state index contributed by atoms with van der Waals surface area (Å²) in [7, 11) is 0. The number of aromatic nitrogens is 1. The van der Waals surface area contributed by atoms with Crippen LogP contribution in [0.25, 0.3) is 10.9 Å². The number of hydrogen-bond donors (Lipinski definition) is 2. The minimum atomic E-state index is 0.218. The lowest BCUT2D eigenvalue weighted by molar-refractivity contribution is -0.906. The first kappa shape index (κ1) is 15.3. The van der Waals surface area contributed by atoms with Crippen LogP contribution in [0.5, 0.6) is 0 Å². The Morgan fingerprint density at radius 3 is 2.73 bits per heavy atom. The second-order valence-corrected chi connectivity index (χ2v) is 6.41. The van der Waals surface area contributed by atoms with Crippen molar-refractivity contribution in [2.45, 2.75) is 39.4 Å². The molecule has 1 aromatic heterocycles. The monoisotopic (exact) mass is 301 g/mol. The van der Waals surface area contributed by atoms with E-state index in [9.17, 15) is 4.79 Å². The molecule has 1 aliphatic heterocycles. The molecule has 1 fully saturated rings. The number of ether oxygens (including phenoxy) is 1. The molecular formula is C18H25N2O2+. The van der Waals surface area contributed by atoms with Crippen molar-refractivity contribution in [2.75, 3.05) is 19.6 Å². The summed E-state index contributed by atoms with van der Waals surface area (Å²) in [4.78, 5) is 17.3. The number of para-hydroxylation sites is 1. The molecule has 1 saturated heterocycles. The highest BCUT2D eigenvalue weighted by Crippen LogP contribution is 2.22. The van der Waals surface area contributed by atoms with E-state index in [2.05, 4.69) is 31.8 Å². The van der Waals surface area contributed by atoms with Crippen molar-refractivity contribution >= 4 is 16.7 Å². The number of nitrogens with one attached hydrogen (secondary N) is 2. The minimum Gasteiger partial charge on any atom is -0.364 e. The van der Waals surface area contributed by atoms with Crippen LogP contribution in [-0.4, -0.2) is 42.6 Å². The lowest BCUT2D eigenvalue weighted by Gasteiger charge is -2.31. The van der Waals surface area contributed by atoms with Gasteiger partial charge in [0.25, 0.3) is 0 Å². The first-order valence-corrected chi connectivity index (χ1v) is 8.19. The van der Waals surface area contributed by atoms with Crippen LogP contribution in [-0.2, 0) is 11.2 Å². The molecule has 1 aromatic carbocycles. The number of hydrogen-bond acceptors (Lipinski definition) is 2. The Morgan fingerprint density at radius 2 is 2.05 bits per heavy atom. The van der Waals surface area contributed by atoms with Gasteiger partial charge in [0.2, 0.25) is 5.78 Å². The summed E-state index contributed by atoms with van der Waals surface area (Å²) >= 11 is 0. The van der Waals surface area contributed by atoms with E-state index in [1.807, 2.05) is 18.3 Å². The standard InChI is InChI=1S/C18H24N2O2/c1-4-14-6-5-7-15-16(8-19-18(14)15)17(21)11-20-9-12(2)22-13(3)10-20/h5-8,12-13,19H,4,9-11H2,1-3H3/p+1/t12-,13+. The Balaban J connectivity index is 1.81. The topological polar surface area (TPSA) is 46.5 Å². The van der Waals surface area contributed by atoms with Crippen LogP contribution in [0.1, 0.15) is 36.7 Å². The molecule has 0 radical (unpaired) electrons. The van der Waals surface area contributed by atoms with Crippen molar-refractivity contribution in [3.63, 3.8) is 0 Å². The van der Waals surface area contributed by atoms with Crippen LogP contribution >= 0.6 is 0 Å². The van der Waals surface area contributed by atoms with Crippen LogP contribution in [0.4, 0.5) is 0 Å². The molecule has 118 valence electrons. The Bertz CT molecular complexity index is 667. The van der Waals surface area contributed by atoms with Gasteiger partial charge in [0.05, 0.1) is 0 Å². The molecule has 3 atom stereocenters. The van der Waals surface area contributed by atoms with Crippen molar-refractivity contribution in [3.05, 3.63) is 35.5 Å². The largest absolute Gasteiger partial charge is 0.364 e. The average Bonchev–Trinajstić information content (AvgIpc) is 2.90. The van der Waals surface area contributed by atoms with E-state index in [1.54, 1.807) is 0 Å². The summed E-state index contributed by atoms with van der Waals surface area (Å²) in [5, 5.41) is 1.05. The summed E-state index contributed by atoms with van der Waals surface area (Å²) in [5.74, 6) is 0.218. The fourth-order valence-electron chi connectivity index (χ4n) is 3.60. The number of quaternary nitrogens is 1. The normalized spacial score (nSPS) is 25.5. The van der Waals surface area contributed by atoms with Gasteiger partial charge in [-0.2, -0.15) is 0 Å². The maximum Gasteiger partial charge on any atom is 0.219 e. The van der Waals surface area contributed by atoms with Gasteiger partial charge >= 0.3 is 0 Å². The van der Waals surface area contributed by atoms with Crippen LogP contribution in [0, 0.1) is 0 Å². The van der Waals surface area contributed by atoms with E-state index in [-0.39, 0.29) is 18.0 Å². The fourth-order valence-corrected chi connectivity index (χ4v) is 3.60. The average molecular weight is 301 g/mol. The van der Waals surface area contributed by atoms with Crippen LogP contribution in [0.2, 0.25) is 0 Å². The second-order valence-electron chi connectivity index (χ2n) is 6.41. The molecular weight excluding hydrogens is 276 g/mol. The van der Waals surface area contributed by atoms with E-state index < -0.39 is 0 Å². The molecule has 22 heavy (non-hydrogen) atoms. The predicted octanol–water partition coefficient (Wildman–Crippen LogP) is 1.61. The summed E-state index contributed by atoms with van der Waals surface area (Å²) in [6.45, 7) is 8.65. The number of carbonyl (C=O) groups is 1. The maximum absolute atomic E-state index is 12.7. The van der Waals surface area contributed by atoms with E-state index >= 15 is 0 Å². The number of ketones is 1. The van der Waals surface area contributed by atoms with Crippen molar-refractivity contribution in [2.24, 2.45) is 0 Å². The van der Waals surface area contributed by atoms with Gasteiger partial charge in [0.1, 0.15) is 31.8 Å². The fraction of sp³-hybridized carbons (Fsp3) is 0.500. The zero-order chi connectivity index (χ0) is 15.7. The maximum atomic E-state index is 12.7. The molecule has 1 aliphatic rings. The van der Waals surface area contributed by atoms with Gasteiger partial charge in [0, 0.05) is 22.7 Å². The number of aryl methyl sites for hydroxylation is 1. The summed E-state index contributed by atoms with van der Waals surface area (Å²) < 4.78 is 5.75. The molecule has 0 aliphatic carbocycles. The van der Waals surface area contributed by atoms with E-state index in [4.69, 9.17) is 4.74 Å².